The molecule has 2 unspecified atom stereocenters. The molecule has 15 heavy (non-hydrogen) atoms. The normalized spacial score (nSPS) is 16.4. The van der Waals surface area contributed by atoms with Crippen LogP contribution in [0.4, 0.5) is 0 Å². The average molecular weight is 360 g/mol. The first-order valence-corrected chi connectivity index (χ1v) is 9.98. The zero-order valence-corrected chi connectivity index (χ0v) is 14.7. The molecule has 2 atom stereocenters. The summed E-state index contributed by atoms with van der Waals surface area (Å²) in [5, 5.41) is 1.76. The van der Waals surface area contributed by atoms with Gasteiger partial charge in [0.25, 0.3) is 0 Å². The Morgan fingerprint density at radius 1 is 1.33 bits per heavy atom. The van der Waals surface area contributed by atoms with Gasteiger partial charge < -0.3 is 4.74 Å². The molecule has 0 spiro atoms. The summed E-state index contributed by atoms with van der Waals surface area (Å²) in [6, 6.07) is 2.67. The molecule has 0 aliphatic carbocycles. The molecule has 0 saturated heterocycles. The van der Waals surface area contributed by atoms with Gasteiger partial charge in [-0.1, -0.05) is 65.6 Å². The highest BCUT2D eigenvalue weighted by molar-refractivity contribution is 9.10. The molecule has 1 nitrogen and oxygen atoms in total. The van der Waals surface area contributed by atoms with Crippen LogP contribution in [0.15, 0.2) is 0 Å². The van der Waals surface area contributed by atoms with Crippen LogP contribution in [-0.4, -0.2) is 25.7 Å². The molecule has 0 aliphatic rings. The van der Waals surface area contributed by atoms with Crippen LogP contribution in [-0.2, 0) is 4.74 Å². The van der Waals surface area contributed by atoms with Crippen LogP contribution in [0, 0.1) is 0 Å². The maximum Gasteiger partial charge on any atom is 0.113 e. The van der Waals surface area contributed by atoms with Gasteiger partial charge in [0.1, 0.15) is 5.01 Å². The van der Waals surface area contributed by atoms with Gasteiger partial charge in [-0.15, -0.1) is 0 Å². The van der Waals surface area contributed by atoms with E-state index >= 15 is 0 Å². The summed E-state index contributed by atoms with van der Waals surface area (Å²) in [4.78, 5) is 0. The van der Waals surface area contributed by atoms with Crippen molar-refractivity contribution in [1.29, 1.82) is 0 Å². The quantitative estimate of drug-likeness (QED) is 0.478. The molecule has 4 heteroatoms. The summed E-state index contributed by atoms with van der Waals surface area (Å²) in [5.41, 5.74) is 0. The largest absolute Gasteiger partial charge is 0.367 e. The van der Waals surface area contributed by atoms with E-state index < -0.39 is 8.80 Å². The van der Waals surface area contributed by atoms with Crippen LogP contribution in [0.3, 0.4) is 0 Å². The molecule has 0 bridgehead atoms. The highest BCUT2D eigenvalue weighted by Gasteiger charge is 2.24. The van der Waals surface area contributed by atoms with Crippen molar-refractivity contribution in [3.05, 3.63) is 0 Å². The van der Waals surface area contributed by atoms with E-state index in [0.29, 0.717) is 5.04 Å². The lowest BCUT2D eigenvalue weighted by Gasteiger charge is -2.28. The third kappa shape index (κ3) is 7.94. The van der Waals surface area contributed by atoms with Crippen LogP contribution in [0.5, 0.6) is 0 Å². The predicted octanol–water partition coefficient (Wildman–Crippen LogP) is 4.56. The zero-order chi connectivity index (χ0) is 11.9. The summed E-state index contributed by atoms with van der Waals surface area (Å²) >= 11 is 6.94. The smallest absolute Gasteiger partial charge is 0.113 e. The average Bonchev–Trinajstić information content (AvgIpc) is 2.10. The summed E-state index contributed by atoms with van der Waals surface area (Å²) < 4.78 is 5.73. The van der Waals surface area contributed by atoms with Gasteiger partial charge >= 0.3 is 0 Å². The van der Waals surface area contributed by atoms with Gasteiger partial charge in [0.05, 0.1) is 0 Å². The van der Waals surface area contributed by atoms with Crippen molar-refractivity contribution in [2.45, 2.75) is 56.3 Å². The minimum atomic E-state index is -0.638. The molecule has 92 valence electrons. The molecule has 0 N–H and O–H groups in total. The van der Waals surface area contributed by atoms with Gasteiger partial charge in [0.15, 0.2) is 0 Å². The Kier molecular flexibility index (Phi) is 8.89. The molecule has 0 aliphatic heterocycles. The highest BCUT2D eigenvalue weighted by Crippen LogP contribution is 2.31. The monoisotopic (exact) mass is 358 g/mol. The van der Waals surface area contributed by atoms with Crippen LogP contribution >= 0.6 is 31.9 Å². The van der Waals surface area contributed by atoms with Crippen molar-refractivity contribution in [3.63, 3.8) is 0 Å². The lowest BCUT2D eigenvalue weighted by atomic mass is 10.2. The Balaban J connectivity index is 3.73. The Hall–Kier alpha value is 1.14. The molecular formula is C11H24Br2OSi. The van der Waals surface area contributed by atoms with Crippen LogP contribution in [0.1, 0.15) is 34.1 Å². The molecule has 0 radical (unpaired) electrons. The fourth-order valence-corrected chi connectivity index (χ4v) is 6.12. The SMILES string of the molecule is CC[SiH](CCOC(Br)CCBr)C(C)(C)C. The fraction of sp³-hybridized carbons (Fsp3) is 1.00. The summed E-state index contributed by atoms with van der Waals surface area (Å²) in [7, 11) is -0.638. The van der Waals surface area contributed by atoms with E-state index in [9.17, 15) is 0 Å². The van der Waals surface area contributed by atoms with Crippen LogP contribution in [0.25, 0.3) is 0 Å². The van der Waals surface area contributed by atoms with Crippen molar-refractivity contribution >= 4 is 40.7 Å². The van der Waals surface area contributed by atoms with E-state index in [1.807, 2.05) is 0 Å². The number of rotatable bonds is 7. The fourth-order valence-electron chi connectivity index (χ4n) is 1.76. The van der Waals surface area contributed by atoms with E-state index in [2.05, 4.69) is 59.6 Å². The van der Waals surface area contributed by atoms with Gasteiger partial charge in [-0.3, -0.25) is 0 Å². The molecule has 0 heterocycles. The van der Waals surface area contributed by atoms with E-state index in [0.717, 1.165) is 18.4 Å². The number of ether oxygens (including phenoxy) is 1. The van der Waals surface area contributed by atoms with E-state index in [1.54, 1.807) is 0 Å². The van der Waals surface area contributed by atoms with E-state index in [4.69, 9.17) is 4.74 Å². The van der Waals surface area contributed by atoms with Gasteiger partial charge in [-0.05, 0) is 17.5 Å². The number of hydrogen-bond donors (Lipinski definition) is 0. The first-order valence-electron chi connectivity index (χ1n) is 5.73. The van der Waals surface area contributed by atoms with Crippen LogP contribution < -0.4 is 0 Å². The van der Waals surface area contributed by atoms with E-state index in [-0.39, 0.29) is 5.01 Å². The molecule has 0 saturated carbocycles. The number of alkyl halides is 2. The molecule has 0 rings (SSSR count). The second-order valence-corrected chi connectivity index (χ2v) is 11.4. The first kappa shape index (κ1) is 16.1. The minimum absolute atomic E-state index is 0.225. The first-order chi connectivity index (χ1) is 6.91. The highest BCUT2D eigenvalue weighted by atomic mass is 79.9. The second-order valence-electron chi connectivity index (χ2n) is 5.02. The van der Waals surface area contributed by atoms with Gasteiger partial charge in [0, 0.05) is 20.7 Å². The van der Waals surface area contributed by atoms with Crippen molar-refractivity contribution in [2.24, 2.45) is 0 Å². The maximum absolute atomic E-state index is 5.73. The van der Waals surface area contributed by atoms with Crippen molar-refractivity contribution in [2.75, 3.05) is 11.9 Å². The lowest BCUT2D eigenvalue weighted by molar-refractivity contribution is 0.127. The lowest BCUT2D eigenvalue weighted by Crippen LogP contribution is -2.26. The number of hydrogen-bond acceptors (Lipinski definition) is 1. The Morgan fingerprint density at radius 2 is 1.93 bits per heavy atom. The molecule has 0 aromatic heterocycles. The third-order valence-corrected chi connectivity index (χ3v) is 8.37. The standard InChI is InChI=1S/C11H24Br2OSi/c1-5-15(11(2,3)4)9-8-14-10(13)6-7-12/h10,15H,5-9H2,1-4H3. The number of halogens is 2. The Morgan fingerprint density at radius 3 is 2.33 bits per heavy atom. The van der Waals surface area contributed by atoms with Gasteiger partial charge in [0.2, 0.25) is 0 Å². The zero-order valence-electron chi connectivity index (χ0n) is 10.4. The predicted molar refractivity (Wildman–Crippen MR) is 79.2 cm³/mol. The van der Waals surface area contributed by atoms with E-state index in [1.165, 1.54) is 12.1 Å². The molecule has 0 amide bonds. The maximum atomic E-state index is 5.73. The third-order valence-electron chi connectivity index (χ3n) is 2.82. The Labute approximate surface area is 113 Å². The Bertz CT molecular complexity index is 159. The molecule has 0 fully saturated rings. The molecule has 0 aromatic carbocycles. The molecular weight excluding hydrogens is 336 g/mol. The summed E-state index contributed by atoms with van der Waals surface area (Å²) in [6.45, 7) is 10.4. The molecule has 0 aromatic rings. The summed E-state index contributed by atoms with van der Waals surface area (Å²) in [5.74, 6) is 0. The minimum Gasteiger partial charge on any atom is -0.367 e. The van der Waals surface area contributed by atoms with Crippen LogP contribution in [0.2, 0.25) is 17.1 Å². The van der Waals surface area contributed by atoms with Crippen molar-refractivity contribution in [1.82, 2.24) is 0 Å². The van der Waals surface area contributed by atoms with Gasteiger partial charge in [-0.2, -0.15) is 0 Å². The summed E-state index contributed by atoms with van der Waals surface area (Å²) in [6.07, 6.45) is 1.04. The van der Waals surface area contributed by atoms with Crippen molar-refractivity contribution < 1.29 is 4.74 Å². The second kappa shape index (κ2) is 8.26. The van der Waals surface area contributed by atoms with Crippen molar-refractivity contribution in [3.8, 4) is 0 Å². The van der Waals surface area contributed by atoms with Gasteiger partial charge in [-0.25, -0.2) is 0 Å². The topological polar surface area (TPSA) is 9.23 Å².